The van der Waals surface area contributed by atoms with Gasteiger partial charge in [0.15, 0.2) is 0 Å². The summed E-state index contributed by atoms with van der Waals surface area (Å²) in [6.45, 7) is 0.244. The molecule has 1 atom stereocenters. The predicted octanol–water partition coefficient (Wildman–Crippen LogP) is -0.137. The Hall–Kier alpha value is -1.60. The zero-order chi connectivity index (χ0) is 12.5. The van der Waals surface area contributed by atoms with Crippen molar-refractivity contribution < 1.29 is 17.9 Å². The van der Waals surface area contributed by atoms with E-state index in [2.05, 4.69) is 9.46 Å². The van der Waals surface area contributed by atoms with Gasteiger partial charge < -0.3 is 10.5 Å². The minimum Gasteiger partial charge on any atom is -0.464 e. The zero-order valence-electron chi connectivity index (χ0n) is 8.92. The zero-order valence-corrected chi connectivity index (χ0v) is 9.74. The Morgan fingerprint density at radius 1 is 1.29 bits per heavy atom. The van der Waals surface area contributed by atoms with Gasteiger partial charge in [0.05, 0.1) is 11.5 Å². The van der Waals surface area contributed by atoms with Crippen LogP contribution in [-0.4, -0.2) is 27.0 Å². The van der Waals surface area contributed by atoms with Crippen LogP contribution < -0.4 is 10.5 Å². The van der Waals surface area contributed by atoms with Crippen molar-refractivity contribution in [2.45, 2.75) is 17.4 Å². The van der Waals surface area contributed by atoms with Crippen molar-refractivity contribution in [3.05, 3.63) is 24.3 Å². The van der Waals surface area contributed by atoms with Crippen LogP contribution in [0, 0.1) is 0 Å². The fraction of sp³-hybridized carbons (Fsp3) is 0.300. The topological polar surface area (TPSA) is 98.5 Å². The molecule has 1 aromatic carbocycles. The first-order valence-electron chi connectivity index (χ1n) is 5.03. The van der Waals surface area contributed by atoms with E-state index in [1.165, 1.54) is 24.3 Å². The number of benzene rings is 1. The van der Waals surface area contributed by atoms with Gasteiger partial charge in [-0.15, -0.1) is 0 Å². The number of carbonyl (C=O) groups is 1. The molecule has 0 aromatic heterocycles. The normalized spacial score (nSPS) is 20.2. The molecule has 0 spiro atoms. The molecular formula is C10H12N2O4S. The first-order valence-corrected chi connectivity index (χ1v) is 6.52. The minimum atomic E-state index is -3.70. The van der Waals surface area contributed by atoms with Crippen molar-refractivity contribution in [2.75, 3.05) is 12.3 Å². The van der Waals surface area contributed by atoms with Crippen LogP contribution in [-0.2, 0) is 19.6 Å². The Kier molecular flexibility index (Phi) is 3.03. The highest BCUT2D eigenvalue weighted by Crippen LogP contribution is 2.14. The van der Waals surface area contributed by atoms with Gasteiger partial charge in [-0.25, -0.2) is 8.42 Å². The second-order valence-electron chi connectivity index (χ2n) is 3.70. The number of nitrogen functional groups attached to an aromatic ring is 1. The Morgan fingerprint density at radius 3 is 2.47 bits per heavy atom. The fourth-order valence-electron chi connectivity index (χ4n) is 1.51. The summed E-state index contributed by atoms with van der Waals surface area (Å²) in [7, 11) is -3.70. The molecule has 1 aromatic rings. The third kappa shape index (κ3) is 2.56. The van der Waals surface area contributed by atoms with Crippen LogP contribution in [0.25, 0.3) is 0 Å². The summed E-state index contributed by atoms with van der Waals surface area (Å²) >= 11 is 0. The average Bonchev–Trinajstić information content (AvgIpc) is 2.64. The molecule has 1 heterocycles. The molecule has 1 unspecified atom stereocenters. The van der Waals surface area contributed by atoms with Crippen molar-refractivity contribution in [1.82, 2.24) is 4.72 Å². The fourth-order valence-corrected chi connectivity index (χ4v) is 2.72. The lowest BCUT2D eigenvalue weighted by molar-refractivity contribution is -0.139. The molecule has 1 saturated heterocycles. The third-order valence-electron chi connectivity index (χ3n) is 2.42. The number of nitrogens with two attached hydrogens (primary N) is 1. The lowest BCUT2D eigenvalue weighted by Crippen LogP contribution is -2.37. The summed E-state index contributed by atoms with van der Waals surface area (Å²) in [5, 5.41) is 0. The molecule has 0 aliphatic carbocycles. The molecule has 1 aliphatic rings. The Balaban J connectivity index is 2.19. The van der Waals surface area contributed by atoms with Crippen molar-refractivity contribution in [3.63, 3.8) is 0 Å². The Bertz CT molecular complexity index is 524. The SMILES string of the molecule is Nc1ccc(S(=O)(=O)NC2CCOC2=O)cc1. The number of esters is 1. The number of carbonyl (C=O) groups excluding carboxylic acids is 1. The first-order chi connectivity index (χ1) is 7.99. The van der Waals surface area contributed by atoms with E-state index in [-0.39, 0.29) is 11.5 Å². The highest BCUT2D eigenvalue weighted by atomic mass is 32.2. The maximum atomic E-state index is 11.9. The van der Waals surface area contributed by atoms with Gasteiger partial charge in [0.2, 0.25) is 10.0 Å². The van der Waals surface area contributed by atoms with Crippen molar-refractivity contribution in [3.8, 4) is 0 Å². The number of cyclic esters (lactones) is 1. The van der Waals surface area contributed by atoms with Crippen molar-refractivity contribution >= 4 is 21.7 Å². The molecule has 92 valence electrons. The first kappa shape index (κ1) is 11.9. The van der Waals surface area contributed by atoms with E-state index in [4.69, 9.17) is 5.73 Å². The van der Waals surface area contributed by atoms with Crippen LogP contribution in [0.4, 0.5) is 5.69 Å². The number of rotatable bonds is 3. The summed E-state index contributed by atoms with van der Waals surface area (Å²) in [6, 6.07) is 4.96. The number of hydrogen-bond donors (Lipinski definition) is 2. The summed E-state index contributed by atoms with van der Waals surface area (Å²) in [5.74, 6) is -0.538. The second-order valence-corrected chi connectivity index (χ2v) is 5.41. The average molecular weight is 256 g/mol. The molecule has 17 heavy (non-hydrogen) atoms. The van der Waals surface area contributed by atoms with E-state index < -0.39 is 22.0 Å². The number of anilines is 1. The highest BCUT2D eigenvalue weighted by molar-refractivity contribution is 7.89. The van der Waals surface area contributed by atoms with Crippen LogP contribution in [0.1, 0.15) is 6.42 Å². The van der Waals surface area contributed by atoms with Crippen LogP contribution in [0.5, 0.6) is 0 Å². The molecule has 0 bridgehead atoms. The molecule has 3 N–H and O–H groups in total. The summed E-state index contributed by atoms with van der Waals surface area (Å²) in [5.41, 5.74) is 5.94. The van der Waals surface area contributed by atoms with E-state index >= 15 is 0 Å². The van der Waals surface area contributed by atoms with Gasteiger partial charge in [-0.05, 0) is 24.3 Å². The summed E-state index contributed by atoms with van der Waals surface area (Å²) in [4.78, 5) is 11.2. The number of ether oxygens (including phenoxy) is 1. The van der Waals surface area contributed by atoms with Crippen LogP contribution in [0.2, 0.25) is 0 Å². The Labute approximate surface area is 98.8 Å². The maximum Gasteiger partial charge on any atom is 0.324 e. The molecular weight excluding hydrogens is 244 g/mol. The molecule has 2 rings (SSSR count). The molecule has 0 saturated carbocycles. The third-order valence-corrected chi connectivity index (χ3v) is 3.91. The van der Waals surface area contributed by atoms with Crippen LogP contribution in [0.3, 0.4) is 0 Å². The smallest absolute Gasteiger partial charge is 0.324 e. The number of nitrogens with one attached hydrogen (secondary N) is 1. The lowest BCUT2D eigenvalue weighted by atomic mass is 10.3. The Morgan fingerprint density at radius 2 is 1.94 bits per heavy atom. The maximum absolute atomic E-state index is 11.9. The molecule has 1 fully saturated rings. The molecule has 0 amide bonds. The molecule has 6 nitrogen and oxygen atoms in total. The van der Waals surface area contributed by atoms with Crippen LogP contribution in [0.15, 0.2) is 29.2 Å². The van der Waals surface area contributed by atoms with Gasteiger partial charge in [0.1, 0.15) is 6.04 Å². The van der Waals surface area contributed by atoms with Gasteiger partial charge in [-0.2, -0.15) is 4.72 Å². The quantitative estimate of drug-likeness (QED) is 0.579. The van der Waals surface area contributed by atoms with E-state index in [9.17, 15) is 13.2 Å². The van der Waals surface area contributed by atoms with E-state index in [1.807, 2.05) is 0 Å². The van der Waals surface area contributed by atoms with E-state index in [0.29, 0.717) is 12.1 Å². The van der Waals surface area contributed by atoms with Crippen molar-refractivity contribution in [1.29, 1.82) is 0 Å². The van der Waals surface area contributed by atoms with Gasteiger partial charge in [0, 0.05) is 12.1 Å². The number of sulfonamides is 1. The van der Waals surface area contributed by atoms with Gasteiger partial charge >= 0.3 is 5.97 Å². The highest BCUT2D eigenvalue weighted by Gasteiger charge is 2.31. The van der Waals surface area contributed by atoms with Crippen LogP contribution >= 0.6 is 0 Å². The lowest BCUT2D eigenvalue weighted by Gasteiger charge is -2.09. The van der Waals surface area contributed by atoms with Gasteiger partial charge in [-0.3, -0.25) is 4.79 Å². The molecule has 0 radical (unpaired) electrons. The van der Waals surface area contributed by atoms with Crippen molar-refractivity contribution in [2.24, 2.45) is 0 Å². The monoisotopic (exact) mass is 256 g/mol. The molecule has 1 aliphatic heterocycles. The predicted molar refractivity (Wildman–Crippen MR) is 60.5 cm³/mol. The summed E-state index contributed by atoms with van der Waals surface area (Å²) < 4.78 is 30.7. The number of hydrogen-bond acceptors (Lipinski definition) is 5. The van der Waals surface area contributed by atoms with E-state index in [1.54, 1.807) is 0 Å². The standard InChI is InChI=1S/C10H12N2O4S/c11-7-1-3-8(4-2-7)17(14,15)12-9-5-6-16-10(9)13/h1-4,9,12H,5-6,11H2. The summed E-state index contributed by atoms with van der Waals surface area (Å²) in [6.07, 6.45) is 0.354. The largest absolute Gasteiger partial charge is 0.464 e. The van der Waals surface area contributed by atoms with Gasteiger partial charge in [0.25, 0.3) is 0 Å². The molecule has 7 heteroatoms. The second kappa shape index (κ2) is 4.34. The minimum absolute atomic E-state index is 0.0754. The van der Waals surface area contributed by atoms with E-state index in [0.717, 1.165) is 0 Å². The van der Waals surface area contributed by atoms with Gasteiger partial charge in [-0.1, -0.05) is 0 Å².